The fraction of sp³-hybridized carbons (Fsp3) is 0.667. The standard InChI is InChI=1S/C15H26N2O4S/c1-12(2)8-6-4-5-7-11-17-15(18)13-9-10-14(21-13)22(19,20)16-3/h9-10,12,16H,4-8,11H2,1-3H3,(H,17,18). The first kappa shape index (κ1) is 18.7. The first-order valence-electron chi connectivity index (χ1n) is 7.68. The number of hydrogen-bond acceptors (Lipinski definition) is 4. The number of hydrogen-bond donors (Lipinski definition) is 2. The van der Waals surface area contributed by atoms with E-state index in [4.69, 9.17) is 4.42 Å². The van der Waals surface area contributed by atoms with Crippen LogP contribution in [0.3, 0.4) is 0 Å². The van der Waals surface area contributed by atoms with Crippen LogP contribution >= 0.6 is 0 Å². The molecule has 7 heteroatoms. The van der Waals surface area contributed by atoms with Crippen molar-refractivity contribution in [3.05, 3.63) is 17.9 Å². The van der Waals surface area contributed by atoms with E-state index in [1.54, 1.807) is 0 Å². The van der Waals surface area contributed by atoms with Gasteiger partial charge in [0, 0.05) is 6.54 Å². The van der Waals surface area contributed by atoms with E-state index in [0.717, 1.165) is 18.8 Å². The van der Waals surface area contributed by atoms with Gasteiger partial charge in [-0.3, -0.25) is 4.79 Å². The highest BCUT2D eigenvalue weighted by Crippen LogP contribution is 2.13. The second-order valence-corrected chi connectivity index (χ2v) is 7.50. The number of carbonyl (C=O) groups is 1. The van der Waals surface area contributed by atoms with Gasteiger partial charge in [0.15, 0.2) is 5.76 Å². The maximum Gasteiger partial charge on any atom is 0.287 e. The molecule has 0 atom stereocenters. The minimum atomic E-state index is -3.65. The highest BCUT2D eigenvalue weighted by molar-refractivity contribution is 7.89. The zero-order valence-corrected chi connectivity index (χ0v) is 14.3. The van der Waals surface area contributed by atoms with E-state index in [2.05, 4.69) is 23.9 Å². The van der Waals surface area contributed by atoms with Gasteiger partial charge in [-0.15, -0.1) is 0 Å². The minimum absolute atomic E-state index is 0.00799. The van der Waals surface area contributed by atoms with Crippen molar-refractivity contribution in [2.24, 2.45) is 5.92 Å². The smallest absolute Gasteiger partial charge is 0.287 e. The summed E-state index contributed by atoms with van der Waals surface area (Å²) in [5.41, 5.74) is 0. The molecular weight excluding hydrogens is 304 g/mol. The maximum atomic E-state index is 11.8. The summed E-state index contributed by atoms with van der Waals surface area (Å²) in [4.78, 5) is 11.8. The lowest BCUT2D eigenvalue weighted by Gasteiger charge is -2.05. The van der Waals surface area contributed by atoms with Gasteiger partial charge in [0.2, 0.25) is 5.09 Å². The molecule has 1 heterocycles. The third-order valence-corrected chi connectivity index (χ3v) is 4.62. The molecule has 1 aromatic heterocycles. The Labute approximate surface area is 132 Å². The first-order valence-corrected chi connectivity index (χ1v) is 9.16. The summed E-state index contributed by atoms with van der Waals surface area (Å²) in [6.45, 7) is 4.99. The molecule has 0 spiro atoms. The van der Waals surface area contributed by atoms with Crippen LogP contribution in [0.2, 0.25) is 0 Å². The van der Waals surface area contributed by atoms with Crippen molar-refractivity contribution in [1.82, 2.24) is 10.0 Å². The molecule has 0 unspecified atom stereocenters. The molecule has 0 fully saturated rings. The number of sulfonamides is 1. The number of amides is 1. The highest BCUT2D eigenvalue weighted by Gasteiger charge is 2.19. The SMILES string of the molecule is CNS(=O)(=O)c1ccc(C(=O)NCCCCCCC(C)C)o1. The molecule has 0 radical (unpaired) electrons. The third-order valence-electron chi connectivity index (χ3n) is 3.33. The molecule has 1 aromatic rings. The lowest BCUT2D eigenvalue weighted by Crippen LogP contribution is -2.24. The quantitative estimate of drug-likeness (QED) is 0.645. The van der Waals surface area contributed by atoms with Crippen molar-refractivity contribution < 1.29 is 17.6 Å². The highest BCUT2D eigenvalue weighted by atomic mass is 32.2. The molecular formula is C15H26N2O4S. The number of furan rings is 1. The van der Waals surface area contributed by atoms with E-state index in [1.807, 2.05) is 0 Å². The molecule has 0 bridgehead atoms. The molecule has 1 amide bonds. The number of carbonyl (C=O) groups excluding carboxylic acids is 1. The molecule has 126 valence electrons. The van der Waals surface area contributed by atoms with Crippen LogP contribution in [0.1, 0.15) is 56.5 Å². The number of nitrogens with one attached hydrogen (secondary N) is 2. The van der Waals surface area contributed by atoms with Gasteiger partial charge >= 0.3 is 0 Å². The summed E-state index contributed by atoms with van der Waals surface area (Å²) in [6.07, 6.45) is 5.60. The molecule has 1 rings (SSSR count). The van der Waals surface area contributed by atoms with E-state index in [0.29, 0.717) is 6.54 Å². The van der Waals surface area contributed by atoms with Crippen LogP contribution in [0.5, 0.6) is 0 Å². The second-order valence-electron chi connectivity index (χ2n) is 5.68. The summed E-state index contributed by atoms with van der Waals surface area (Å²) in [7, 11) is -2.36. The summed E-state index contributed by atoms with van der Waals surface area (Å²) in [5.74, 6) is 0.357. The van der Waals surface area contributed by atoms with E-state index >= 15 is 0 Å². The van der Waals surface area contributed by atoms with Crippen LogP contribution in [0.25, 0.3) is 0 Å². The summed E-state index contributed by atoms with van der Waals surface area (Å²) in [6, 6.07) is 2.63. The Morgan fingerprint density at radius 3 is 2.50 bits per heavy atom. The summed E-state index contributed by atoms with van der Waals surface area (Å²) < 4.78 is 30.2. The van der Waals surface area contributed by atoms with Crippen LogP contribution in [-0.2, 0) is 10.0 Å². The molecule has 6 nitrogen and oxygen atoms in total. The fourth-order valence-corrected chi connectivity index (χ4v) is 2.66. The fourth-order valence-electron chi connectivity index (χ4n) is 2.01. The molecule has 0 aliphatic heterocycles. The molecule has 0 aliphatic rings. The van der Waals surface area contributed by atoms with Gasteiger partial charge in [0.1, 0.15) is 0 Å². The Balaban J connectivity index is 2.29. The largest absolute Gasteiger partial charge is 0.438 e. The van der Waals surface area contributed by atoms with E-state index in [1.165, 1.54) is 38.4 Å². The Kier molecular flexibility index (Phi) is 7.61. The maximum absolute atomic E-state index is 11.8. The van der Waals surface area contributed by atoms with Crippen LogP contribution in [0, 0.1) is 5.92 Å². The average molecular weight is 330 g/mol. The zero-order valence-electron chi connectivity index (χ0n) is 13.5. The average Bonchev–Trinajstić information content (AvgIpc) is 2.96. The van der Waals surface area contributed by atoms with Crippen LogP contribution in [0.15, 0.2) is 21.6 Å². The van der Waals surface area contributed by atoms with Gasteiger partial charge in [-0.05, 0) is 31.5 Å². The normalized spacial score (nSPS) is 11.8. The molecule has 0 saturated carbocycles. The van der Waals surface area contributed by atoms with Gasteiger partial charge in [0.05, 0.1) is 0 Å². The Bertz CT molecular complexity index is 564. The van der Waals surface area contributed by atoms with E-state index < -0.39 is 10.0 Å². The topological polar surface area (TPSA) is 88.4 Å². The van der Waals surface area contributed by atoms with E-state index in [9.17, 15) is 13.2 Å². The monoisotopic (exact) mass is 330 g/mol. The lowest BCUT2D eigenvalue weighted by atomic mass is 10.0. The van der Waals surface area contributed by atoms with Crippen molar-refractivity contribution in [1.29, 1.82) is 0 Å². The number of rotatable bonds is 10. The third kappa shape index (κ3) is 6.19. The van der Waals surface area contributed by atoms with Crippen molar-refractivity contribution in [3.63, 3.8) is 0 Å². The molecule has 2 N–H and O–H groups in total. The predicted molar refractivity (Wildman–Crippen MR) is 85.2 cm³/mol. The van der Waals surface area contributed by atoms with Gasteiger partial charge < -0.3 is 9.73 Å². The Morgan fingerprint density at radius 1 is 1.18 bits per heavy atom. The van der Waals surface area contributed by atoms with Gasteiger partial charge in [0.25, 0.3) is 15.9 Å². The van der Waals surface area contributed by atoms with Crippen molar-refractivity contribution >= 4 is 15.9 Å². The molecule has 22 heavy (non-hydrogen) atoms. The molecule has 0 aromatic carbocycles. The molecule has 0 saturated heterocycles. The van der Waals surface area contributed by atoms with Crippen molar-refractivity contribution in [2.75, 3.05) is 13.6 Å². The predicted octanol–water partition coefficient (Wildman–Crippen LogP) is 2.52. The van der Waals surface area contributed by atoms with Crippen LogP contribution in [-0.4, -0.2) is 27.9 Å². The van der Waals surface area contributed by atoms with Gasteiger partial charge in [-0.2, -0.15) is 0 Å². The number of unbranched alkanes of at least 4 members (excludes halogenated alkanes) is 3. The molecule has 0 aliphatic carbocycles. The van der Waals surface area contributed by atoms with Gasteiger partial charge in [-0.1, -0.05) is 39.5 Å². The summed E-state index contributed by atoms with van der Waals surface area (Å²) in [5, 5.41) is 2.48. The summed E-state index contributed by atoms with van der Waals surface area (Å²) >= 11 is 0. The Morgan fingerprint density at radius 2 is 1.86 bits per heavy atom. The van der Waals surface area contributed by atoms with Crippen molar-refractivity contribution in [2.45, 2.75) is 51.0 Å². The lowest BCUT2D eigenvalue weighted by molar-refractivity contribution is 0.0920. The Hall–Kier alpha value is -1.34. The zero-order chi connectivity index (χ0) is 16.6. The first-order chi connectivity index (χ1) is 10.4. The second kappa shape index (κ2) is 8.95. The van der Waals surface area contributed by atoms with E-state index in [-0.39, 0.29) is 16.8 Å². The van der Waals surface area contributed by atoms with Gasteiger partial charge in [-0.25, -0.2) is 13.1 Å². The van der Waals surface area contributed by atoms with Crippen molar-refractivity contribution in [3.8, 4) is 0 Å². The van der Waals surface area contributed by atoms with Crippen LogP contribution < -0.4 is 10.0 Å². The van der Waals surface area contributed by atoms with Crippen LogP contribution in [0.4, 0.5) is 0 Å². The minimum Gasteiger partial charge on any atom is -0.438 e.